The predicted octanol–water partition coefficient (Wildman–Crippen LogP) is 4.54. The number of halogens is 2. The Morgan fingerprint density at radius 3 is 2.29 bits per heavy atom. The van der Waals surface area contributed by atoms with Gasteiger partial charge in [-0.15, -0.1) is 0 Å². The average molecular weight is 433 g/mol. The van der Waals surface area contributed by atoms with E-state index in [1.54, 1.807) is 24.3 Å². The van der Waals surface area contributed by atoms with Crippen molar-refractivity contribution in [2.75, 3.05) is 14.2 Å². The molecule has 1 fully saturated rings. The highest BCUT2D eigenvalue weighted by molar-refractivity contribution is 5.96. The molecule has 0 bridgehead atoms. The highest BCUT2D eigenvalue weighted by Crippen LogP contribution is 2.38. The number of benzene rings is 2. The Bertz CT molecular complexity index is 917. The van der Waals surface area contributed by atoms with E-state index >= 15 is 0 Å². The van der Waals surface area contributed by atoms with Gasteiger partial charge in [0.2, 0.25) is 0 Å². The first-order valence-electron chi connectivity index (χ1n) is 10.0. The van der Waals surface area contributed by atoms with Gasteiger partial charge in [0.05, 0.1) is 19.8 Å². The first-order valence-corrected chi connectivity index (χ1v) is 10.0. The van der Waals surface area contributed by atoms with E-state index in [4.69, 9.17) is 4.74 Å². The number of esters is 1. The molecule has 2 aromatic carbocycles. The Morgan fingerprint density at radius 2 is 1.65 bits per heavy atom. The molecule has 0 heterocycles. The minimum atomic E-state index is -2.96. The molecule has 0 saturated heterocycles. The molecule has 1 aliphatic rings. The molecule has 0 aromatic heterocycles. The van der Waals surface area contributed by atoms with Gasteiger partial charge in [0, 0.05) is 17.5 Å². The van der Waals surface area contributed by atoms with Gasteiger partial charge < -0.3 is 19.5 Å². The number of amides is 1. The Hall–Kier alpha value is -3.16. The van der Waals surface area contributed by atoms with Gasteiger partial charge in [0.15, 0.2) is 11.5 Å². The number of carbonyl (C=O) groups is 2. The van der Waals surface area contributed by atoms with Crippen LogP contribution in [0.4, 0.5) is 8.78 Å². The summed E-state index contributed by atoms with van der Waals surface area (Å²) >= 11 is 0. The van der Waals surface area contributed by atoms with Crippen molar-refractivity contribution in [2.24, 2.45) is 0 Å². The standard InChI is InChI=1S/C23H25F2NO5/c1-29-19-12-11-16(13-20(19)31-23(24)25)17-5-3-4-6-18(17)26-21(27)14-7-9-15(10-8-14)22(28)30-2/h7-13,17-18,23H,3-6H2,1-2H3,(H,26,27)/t17-,18-/m1/s1. The van der Waals surface area contributed by atoms with Gasteiger partial charge in [0.25, 0.3) is 5.91 Å². The molecule has 6 nitrogen and oxygen atoms in total. The maximum Gasteiger partial charge on any atom is 0.387 e. The fourth-order valence-electron chi connectivity index (χ4n) is 3.94. The lowest BCUT2D eigenvalue weighted by atomic mass is 9.79. The molecule has 31 heavy (non-hydrogen) atoms. The summed E-state index contributed by atoms with van der Waals surface area (Å²) < 4.78 is 40.0. The average Bonchev–Trinajstić information content (AvgIpc) is 2.78. The molecule has 1 aliphatic carbocycles. The van der Waals surface area contributed by atoms with Gasteiger partial charge in [0.1, 0.15) is 0 Å². The predicted molar refractivity (Wildman–Crippen MR) is 110 cm³/mol. The van der Waals surface area contributed by atoms with Crippen molar-refractivity contribution in [3.8, 4) is 11.5 Å². The Morgan fingerprint density at radius 1 is 0.968 bits per heavy atom. The molecular weight excluding hydrogens is 408 g/mol. The van der Waals surface area contributed by atoms with Crippen LogP contribution in [0.1, 0.15) is 57.9 Å². The molecular formula is C23H25F2NO5. The van der Waals surface area contributed by atoms with Crippen LogP contribution in [0.2, 0.25) is 0 Å². The quantitative estimate of drug-likeness (QED) is 0.649. The monoisotopic (exact) mass is 433 g/mol. The SMILES string of the molecule is COC(=O)c1ccc(C(=O)N[C@@H]2CCCC[C@@H]2c2ccc(OC)c(OC(F)F)c2)cc1. The summed E-state index contributed by atoms with van der Waals surface area (Å²) in [7, 11) is 2.69. The second kappa shape index (κ2) is 10.2. The van der Waals surface area contributed by atoms with Crippen LogP contribution in [0.3, 0.4) is 0 Å². The summed E-state index contributed by atoms with van der Waals surface area (Å²) in [5.41, 5.74) is 1.59. The molecule has 3 rings (SSSR count). The number of carbonyl (C=O) groups excluding carboxylic acids is 2. The minimum Gasteiger partial charge on any atom is -0.493 e. The molecule has 8 heteroatoms. The van der Waals surface area contributed by atoms with Crippen molar-refractivity contribution in [2.45, 2.75) is 44.3 Å². The number of alkyl halides is 2. The molecule has 0 radical (unpaired) electrons. The first kappa shape index (κ1) is 22.5. The number of nitrogens with one attached hydrogen (secondary N) is 1. The third-order valence-electron chi connectivity index (χ3n) is 5.48. The fraction of sp³-hybridized carbons (Fsp3) is 0.391. The lowest BCUT2D eigenvalue weighted by molar-refractivity contribution is -0.0512. The second-order valence-electron chi connectivity index (χ2n) is 7.33. The molecule has 2 atom stereocenters. The number of hydrogen-bond donors (Lipinski definition) is 1. The van der Waals surface area contributed by atoms with Gasteiger partial charge in [-0.25, -0.2) is 4.79 Å². The highest BCUT2D eigenvalue weighted by Gasteiger charge is 2.29. The maximum absolute atomic E-state index is 12.8. The summed E-state index contributed by atoms with van der Waals surface area (Å²) in [6, 6.07) is 11.0. The van der Waals surface area contributed by atoms with Crippen molar-refractivity contribution in [3.05, 3.63) is 59.2 Å². The topological polar surface area (TPSA) is 73.9 Å². The van der Waals surface area contributed by atoms with Crippen LogP contribution in [0.15, 0.2) is 42.5 Å². The van der Waals surface area contributed by atoms with Gasteiger partial charge >= 0.3 is 12.6 Å². The van der Waals surface area contributed by atoms with Crippen LogP contribution >= 0.6 is 0 Å². The minimum absolute atomic E-state index is 0.0240. The Kier molecular flexibility index (Phi) is 7.44. The fourth-order valence-corrected chi connectivity index (χ4v) is 3.94. The van der Waals surface area contributed by atoms with Crippen LogP contribution in [0.5, 0.6) is 11.5 Å². The van der Waals surface area contributed by atoms with Crippen LogP contribution < -0.4 is 14.8 Å². The third-order valence-corrected chi connectivity index (χ3v) is 5.48. The number of hydrogen-bond acceptors (Lipinski definition) is 5. The van der Waals surface area contributed by atoms with E-state index in [0.717, 1.165) is 31.2 Å². The van der Waals surface area contributed by atoms with E-state index < -0.39 is 12.6 Å². The van der Waals surface area contributed by atoms with E-state index in [0.29, 0.717) is 11.1 Å². The van der Waals surface area contributed by atoms with Gasteiger partial charge in [-0.3, -0.25) is 4.79 Å². The third kappa shape index (κ3) is 5.51. The molecule has 1 amide bonds. The van der Waals surface area contributed by atoms with E-state index in [2.05, 4.69) is 14.8 Å². The Labute approximate surface area is 179 Å². The summed E-state index contributed by atoms with van der Waals surface area (Å²) in [6.45, 7) is -2.96. The summed E-state index contributed by atoms with van der Waals surface area (Å²) in [5, 5.41) is 3.06. The second-order valence-corrected chi connectivity index (χ2v) is 7.33. The van der Waals surface area contributed by atoms with Crippen LogP contribution in [-0.2, 0) is 4.74 Å². The molecule has 1 saturated carbocycles. The normalized spacial score (nSPS) is 18.4. The lowest BCUT2D eigenvalue weighted by Crippen LogP contribution is -2.41. The highest BCUT2D eigenvalue weighted by atomic mass is 19.3. The van der Waals surface area contributed by atoms with Gasteiger partial charge in [-0.1, -0.05) is 18.9 Å². The summed E-state index contributed by atoms with van der Waals surface area (Å²) in [5.74, 6) is -0.570. The van der Waals surface area contributed by atoms with Crippen LogP contribution in [-0.4, -0.2) is 38.7 Å². The van der Waals surface area contributed by atoms with Crippen LogP contribution in [0.25, 0.3) is 0 Å². The van der Waals surface area contributed by atoms with E-state index in [-0.39, 0.29) is 29.4 Å². The van der Waals surface area contributed by atoms with E-state index in [1.807, 2.05) is 6.07 Å². The zero-order valence-corrected chi connectivity index (χ0v) is 17.4. The van der Waals surface area contributed by atoms with Crippen LogP contribution in [0, 0.1) is 0 Å². The van der Waals surface area contributed by atoms with Crippen molar-refractivity contribution in [1.29, 1.82) is 0 Å². The zero-order chi connectivity index (χ0) is 22.4. The lowest BCUT2D eigenvalue weighted by Gasteiger charge is -2.33. The number of rotatable bonds is 7. The molecule has 0 spiro atoms. The largest absolute Gasteiger partial charge is 0.493 e. The molecule has 0 aliphatic heterocycles. The molecule has 0 unspecified atom stereocenters. The zero-order valence-electron chi connectivity index (χ0n) is 17.4. The van der Waals surface area contributed by atoms with E-state index in [9.17, 15) is 18.4 Å². The first-order chi connectivity index (χ1) is 14.9. The summed E-state index contributed by atoms with van der Waals surface area (Å²) in [4.78, 5) is 24.3. The number of ether oxygens (including phenoxy) is 3. The van der Waals surface area contributed by atoms with E-state index in [1.165, 1.54) is 26.4 Å². The smallest absolute Gasteiger partial charge is 0.387 e. The summed E-state index contributed by atoms with van der Waals surface area (Å²) in [6.07, 6.45) is 3.52. The molecule has 1 N–H and O–H groups in total. The van der Waals surface area contributed by atoms with Crippen molar-refractivity contribution in [3.63, 3.8) is 0 Å². The van der Waals surface area contributed by atoms with Gasteiger partial charge in [-0.05, 0) is 54.8 Å². The maximum atomic E-state index is 12.8. The van der Waals surface area contributed by atoms with Crippen molar-refractivity contribution >= 4 is 11.9 Å². The Balaban J connectivity index is 1.78. The van der Waals surface area contributed by atoms with Crippen molar-refractivity contribution in [1.82, 2.24) is 5.32 Å². The van der Waals surface area contributed by atoms with Gasteiger partial charge in [-0.2, -0.15) is 8.78 Å². The number of methoxy groups -OCH3 is 2. The molecule has 166 valence electrons. The van der Waals surface area contributed by atoms with Crippen molar-refractivity contribution < 1.29 is 32.6 Å². The molecule has 2 aromatic rings.